The van der Waals surface area contributed by atoms with Crippen molar-refractivity contribution in [2.45, 2.75) is 19.1 Å². The van der Waals surface area contributed by atoms with E-state index < -0.39 is 18.0 Å². The predicted molar refractivity (Wildman–Crippen MR) is 75.7 cm³/mol. The lowest BCUT2D eigenvalue weighted by atomic mass is 10.2. The predicted octanol–water partition coefficient (Wildman–Crippen LogP) is 1.52. The molecule has 1 unspecified atom stereocenters. The highest BCUT2D eigenvalue weighted by Crippen LogP contribution is 2.03. The van der Waals surface area contributed by atoms with E-state index in [0.29, 0.717) is 6.42 Å². The SMILES string of the molecule is CSCCC(NC(=O)OCc1ccccc1)C(N)=O. The Bertz CT molecular complexity index is 412. The Labute approximate surface area is 116 Å². The maximum Gasteiger partial charge on any atom is 0.408 e. The molecule has 19 heavy (non-hydrogen) atoms. The first-order valence-corrected chi connectivity index (χ1v) is 7.28. The summed E-state index contributed by atoms with van der Waals surface area (Å²) < 4.78 is 5.02. The summed E-state index contributed by atoms with van der Waals surface area (Å²) in [5.41, 5.74) is 6.10. The molecule has 1 aromatic rings. The van der Waals surface area contributed by atoms with E-state index in [1.807, 2.05) is 36.6 Å². The van der Waals surface area contributed by atoms with Crippen LogP contribution in [0.15, 0.2) is 30.3 Å². The van der Waals surface area contributed by atoms with Crippen LogP contribution in [-0.2, 0) is 16.1 Å². The second-order valence-corrected chi connectivity index (χ2v) is 4.93. The van der Waals surface area contributed by atoms with Gasteiger partial charge in [-0.15, -0.1) is 0 Å². The lowest BCUT2D eigenvalue weighted by molar-refractivity contribution is -0.120. The van der Waals surface area contributed by atoms with Gasteiger partial charge in [-0.3, -0.25) is 4.79 Å². The molecule has 0 aliphatic carbocycles. The summed E-state index contributed by atoms with van der Waals surface area (Å²) in [7, 11) is 0. The molecule has 0 bridgehead atoms. The first-order valence-electron chi connectivity index (χ1n) is 5.89. The molecule has 6 heteroatoms. The molecule has 0 saturated heterocycles. The maximum atomic E-state index is 11.5. The average Bonchev–Trinajstić information content (AvgIpc) is 2.42. The minimum Gasteiger partial charge on any atom is -0.445 e. The van der Waals surface area contributed by atoms with Crippen molar-refractivity contribution < 1.29 is 14.3 Å². The summed E-state index contributed by atoms with van der Waals surface area (Å²) in [5, 5.41) is 2.47. The van der Waals surface area contributed by atoms with Gasteiger partial charge in [0.05, 0.1) is 0 Å². The van der Waals surface area contributed by atoms with E-state index in [1.165, 1.54) is 0 Å². The maximum absolute atomic E-state index is 11.5. The van der Waals surface area contributed by atoms with E-state index >= 15 is 0 Å². The van der Waals surface area contributed by atoms with Crippen molar-refractivity contribution in [3.8, 4) is 0 Å². The van der Waals surface area contributed by atoms with Crippen LogP contribution < -0.4 is 11.1 Å². The van der Waals surface area contributed by atoms with E-state index in [4.69, 9.17) is 10.5 Å². The third kappa shape index (κ3) is 6.15. The summed E-state index contributed by atoms with van der Waals surface area (Å²) in [6.07, 6.45) is 1.79. The second-order valence-electron chi connectivity index (χ2n) is 3.94. The summed E-state index contributed by atoms with van der Waals surface area (Å²) in [4.78, 5) is 22.7. The van der Waals surface area contributed by atoms with Crippen LogP contribution in [0.5, 0.6) is 0 Å². The van der Waals surface area contributed by atoms with Crippen molar-refractivity contribution in [2.24, 2.45) is 5.73 Å². The van der Waals surface area contributed by atoms with Crippen LogP contribution in [0.25, 0.3) is 0 Å². The minimum absolute atomic E-state index is 0.167. The van der Waals surface area contributed by atoms with Gasteiger partial charge in [0, 0.05) is 0 Å². The molecule has 0 fully saturated rings. The Morgan fingerprint density at radius 1 is 1.37 bits per heavy atom. The molecule has 0 aliphatic rings. The van der Waals surface area contributed by atoms with Crippen LogP contribution in [0.1, 0.15) is 12.0 Å². The molecule has 0 aromatic heterocycles. The highest BCUT2D eigenvalue weighted by atomic mass is 32.2. The van der Waals surface area contributed by atoms with E-state index in [1.54, 1.807) is 11.8 Å². The van der Waals surface area contributed by atoms with E-state index in [2.05, 4.69) is 5.32 Å². The summed E-state index contributed by atoms with van der Waals surface area (Å²) in [6.45, 7) is 0.167. The van der Waals surface area contributed by atoms with Crippen LogP contribution in [0, 0.1) is 0 Å². The number of primary amides is 1. The minimum atomic E-state index is -0.685. The number of amides is 2. The number of alkyl carbamates (subject to hydrolysis) is 1. The zero-order valence-corrected chi connectivity index (χ0v) is 11.6. The molecule has 5 nitrogen and oxygen atoms in total. The number of nitrogens with two attached hydrogens (primary N) is 1. The Morgan fingerprint density at radius 2 is 2.05 bits per heavy atom. The molecule has 0 spiro atoms. The molecule has 0 aliphatic heterocycles. The topological polar surface area (TPSA) is 81.4 Å². The van der Waals surface area contributed by atoms with Gasteiger partial charge in [-0.2, -0.15) is 11.8 Å². The van der Waals surface area contributed by atoms with Crippen LogP contribution in [0.3, 0.4) is 0 Å². The van der Waals surface area contributed by atoms with E-state index in [0.717, 1.165) is 11.3 Å². The molecule has 1 atom stereocenters. The summed E-state index contributed by atoms with van der Waals surface area (Å²) in [6, 6.07) is 8.63. The third-order valence-corrected chi connectivity index (χ3v) is 3.10. The first kappa shape index (κ1) is 15.4. The van der Waals surface area contributed by atoms with Gasteiger partial charge in [-0.05, 0) is 24.0 Å². The van der Waals surface area contributed by atoms with E-state index in [9.17, 15) is 9.59 Å². The number of carbonyl (C=O) groups is 2. The molecular formula is C13H18N2O3S. The number of rotatable bonds is 7. The molecule has 3 N–H and O–H groups in total. The molecule has 1 aromatic carbocycles. The van der Waals surface area contributed by atoms with Crippen molar-refractivity contribution in [1.82, 2.24) is 5.32 Å². The van der Waals surface area contributed by atoms with Gasteiger partial charge in [0.25, 0.3) is 0 Å². The molecular weight excluding hydrogens is 264 g/mol. The number of thioether (sulfide) groups is 1. The number of hydrogen-bond donors (Lipinski definition) is 2. The molecule has 1 rings (SSSR count). The van der Waals surface area contributed by atoms with Gasteiger partial charge in [0.2, 0.25) is 5.91 Å². The van der Waals surface area contributed by atoms with Gasteiger partial charge < -0.3 is 15.8 Å². The van der Waals surface area contributed by atoms with Crippen LogP contribution >= 0.6 is 11.8 Å². The Kier molecular flexibility index (Phi) is 6.81. The highest BCUT2D eigenvalue weighted by molar-refractivity contribution is 7.98. The fourth-order valence-corrected chi connectivity index (χ4v) is 1.90. The Balaban J connectivity index is 2.38. The van der Waals surface area contributed by atoms with Crippen LogP contribution in [0.4, 0.5) is 4.79 Å². The first-order chi connectivity index (χ1) is 9.13. The number of hydrogen-bond acceptors (Lipinski definition) is 4. The van der Waals surface area contributed by atoms with Gasteiger partial charge in [-0.1, -0.05) is 30.3 Å². The fraction of sp³-hybridized carbons (Fsp3) is 0.385. The monoisotopic (exact) mass is 282 g/mol. The smallest absolute Gasteiger partial charge is 0.408 e. The Hall–Kier alpha value is -1.69. The van der Waals surface area contributed by atoms with Crippen molar-refractivity contribution in [3.05, 3.63) is 35.9 Å². The van der Waals surface area contributed by atoms with Gasteiger partial charge in [0.1, 0.15) is 12.6 Å². The van der Waals surface area contributed by atoms with Gasteiger partial charge in [0.15, 0.2) is 0 Å². The van der Waals surface area contributed by atoms with Crippen molar-refractivity contribution in [3.63, 3.8) is 0 Å². The highest BCUT2D eigenvalue weighted by Gasteiger charge is 2.18. The van der Waals surface area contributed by atoms with Gasteiger partial charge in [-0.25, -0.2) is 4.79 Å². The number of carbonyl (C=O) groups excluding carboxylic acids is 2. The largest absolute Gasteiger partial charge is 0.445 e. The van der Waals surface area contributed by atoms with Crippen molar-refractivity contribution in [1.29, 1.82) is 0 Å². The molecule has 0 saturated carbocycles. The lowest BCUT2D eigenvalue weighted by Crippen LogP contribution is -2.44. The van der Waals surface area contributed by atoms with Crippen LogP contribution in [-0.4, -0.2) is 30.1 Å². The summed E-state index contributed by atoms with van der Waals surface area (Å²) in [5.74, 6) is 0.192. The number of benzene rings is 1. The Morgan fingerprint density at radius 3 is 2.63 bits per heavy atom. The van der Waals surface area contributed by atoms with Crippen molar-refractivity contribution in [2.75, 3.05) is 12.0 Å². The standard InChI is InChI=1S/C13H18N2O3S/c1-19-8-7-11(12(14)16)15-13(17)18-9-10-5-3-2-4-6-10/h2-6,11H,7-9H2,1H3,(H2,14,16)(H,15,17). The summed E-state index contributed by atoms with van der Waals surface area (Å²) >= 11 is 1.58. The number of nitrogens with one attached hydrogen (secondary N) is 1. The quantitative estimate of drug-likeness (QED) is 0.794. The zero-order chi connectivity index (χ0) is 14.1. The third-order valence-electron chi connectivity index (χ3n) is 2.46. The van der Waals surface area contributed by atoms with E-state index in [-0.39, 0.29) is 6.61 Å². The molecule has 104 valence electrons. The normalized spacial score (nSPS) is 11.6. The fourth-order valence-electron chi connectivity index (χ4n) is 1.43. The van der Waals surface area contributed by atoms with Crippen molar-refractivity contribution >= 4 is 23.8 Å². The molecule has 2 amide bonds. The van der Waals surface area contributed by atoms with Gasteiger partial charge >= 0.3 is 6.09 Å². The molecule has 0 heterocycles. The average molecular weight is 282 g/mol. The number of ether oxygens (including phenoxy) is 1. The van der Waals surface area contributed by atoms with Crippen LogP contribution in [0.2, 0.25) is 0 Å². The zero-order valence-electron chi connectivity index (χ0n) is 10.8. The lowest BCUT2D eigenvalue weighted by Gasteiger charge is -2.14. The second kappa shape index (κ2) is 8.42. The molecule has 0 radical (unpaired) electrons.